The second-order valence-corrected chi connectivity index (χ2v) is 5.18. The Labute approximate surface area is 118 Å². The van der Waals surface area contributed by atoms with E-state index in [1.54, 1.807) is 6.08 Å². The maximum Gasteiger partial charge on any atom is 0.233 e. The maximum atomic E-state index is 12.2. The third-order valence-corrected chi connectivity index (χ3v) is 3.83. The van der Waals surface area contributed by atoms with Crippen molar-refractivity contribution in [2.75, 3.05) is 13.1 Å². The Hall–Kier alpha value is -1.91. The van der Waals surface area contributed by atoms with Gasteiger partial charge in [-0.1, -0.05) is 18.2 Å². The summed E-state index contributed by atoms with van der Waals surface area (Å²) < 4.78 is 0. The molecule has 1 aliphatic carbocycles. The summed E-state index contributed by atoms with van der Waals surface area (Å²) in [4.78, 5) is 37.1. The second kappa shape index (κ2) is 6.50. The number of rotatable bonds is 6. The first-order valence-corrected chi connectivity index (χ1v) is 7.03. The molecule has 2 aliphatic rings. The van der Waals surface area contributed by atoms with E-state index in [0.717, 1.165) is 0 Å². The van der Waals surface area contributed by atoms with E-state index in [1.807, 2.05) is 12.2 Å². The minimum absolute atomic E-state index is 0.0733. The molecule has 0 bridgehead atoms. The van der Waals surface area contributed by atoms with Crippen molar-refractivity contribution < 1.29 is 14.4 Å². The fourth-order valence-electron chi connectivity index (χ4n) is 2.76. The van der Waals surface area contributed by atoms with Crippen molar-refractivity contribution in [2.24, 2.45) is 11.8 Å². The number of nitrogens with one attached hydrogen (secondary N) is 1. The highest BCUT2D eigenvalue weighted by molar-refractivity contribution is 6.05. The Kier molecular flexibility index (Phi) is 4.71. The largest absolute Gasteiger partial charge is 0.353 e. The number of fused-ring (bicyclic) bond motifs is 1. The zero-order valence-electron chi connectivity index (χ0n) is 11.5. The van der Waals surface area contributed by atoms with Crippen LogP contribution in [0.1, 0.15) is 25.7 Å². The number of carbonyl (C=O) groups is 3. The van der Waals surface area contributed by atoms with Crippen LogP contribution in [0.2, 0.25) is 0 Å². The van der Waals surface area contributed by atoms with Gasteiger partial charge in [-0.05, 0) is 19.3 Å². The van der Waals surface area contributed by atoms with Gasteiger partial charge in [0.15, 0.2) is 0 Å². The van der Waals surface area contributed by atoms with Gasteiger partial charge in [-0.15, -0.1) is 6.58 Å². The Morgan fingerprint density at radius 1 is 1.30 bits per heavy atom. The Morgan fingerprint density at radius 3 is 2.45 bits per heavy atom. The molecule has 2 atom stereocenters. The van der Waals surface area contributed by atoms with E-state index < -0.39 is 0 Å². The molecule has 5 heteroatoms. The normalized spacial score (nSPS) is 24.7. The number of amides is 3. The van der Waals surface area contributed by atoms with Crippen molar-refractivity contribution in [2.45, 2.75) is 25.7 Å². The third-order valence-electron chi connectivity index (χ3n) is 3.83. The molecule has 108 valence electrons. The highest BCUT2D eigenvalue weighted by Crippen LogP contribution is 2.34. The lowest BCUT2D eigenvalue weighted by Gasteiger charge is -2.14. The molecule has 3 amide bonds. The van der Waals surface area contributed by atoms with Gasteiger partial charge in [-0.2, -0.15) is 0 Å². The standard InChI is InChI=1S/C15H20N2O3/c1-2-9-16-13(18)8-5-10-17-14(19)11-6-3-4-7-12(11)15(17)20/h2-4,11-12H,1,5-10H2,(H,16,18)/t11-,12-/m0/s1. The Bertz CT molecular complexity index is 430. The van der Waals surface area contributed by atoms with Crippen LogP contribution in [0.3, 0.4) is 0 Å². The molecule has 2 rings (SSSR count). The van der Waals surface area contributed by atoms with E-state index in [1.165, 1.54) is 4.90 Å². The van der Waals surface area contributed by atoms with Crippen molar-refractivity contribution in [3.63, 3.8) is 0 Å². The lowest BCUT2D eigenvalue weighted by atomic mass is 9.85. The van der Waals surface area contributed by atoms with E-state index in [9.17, 15) is 14.4 Å². The van der Waals surface area contributed by atoms with Crippen LogP contribution < -0.4 is 5.32 Å². The molecular weight excluding hydrogens is 256 g/mol. The molecule has 20 heavy (non-hydrogen) atoms. The molecule has 5 nitrogen and oxygen atoms in total. The van der Waals surface area contributed by atoms with Crippen LogP contribution in [-0.2, 0) is 14.4 Å². The van der Waals surface area contributed by atoms with Crippen LogP contribution in [0.5, 0.6) is 0 Å². The molecule has 1 fully saturated rings. The molecule has 1 saturated heterocycles. The summed E-state index contributed by atoms with van der Waals surface area (Å²) in [5, 5.41) is 2.67. The molecule has 0 spiro atoms. The average molecular weight is 276 g/mol. The van der Waals surface area contributed by atoms with E-state index >= 15 is 0 Å². The quantitative estimate of drug-likeness (QED) is 0.582. The number of likely N-dealkylation sites (tertiary alicyclic amines) is 1. The zero-order valence-corrected chi connectivity index (χ0v) is 11.5. The van der Waals surface area contributed by atoms with Gasteiger partial charge in [0.25, 0.3) is 0 Å². The summed E-state index contributed by atoms with van der Waals surface area (Å²) in [7, 11) is 0. The first kappa shape index (κ1) is 14.5. The lowest BCUT2D eigenvalue weighted by Crippen LogP contribution is -2.33. The van der Waals surface area contributed by atoms with Crippen LogP contribution in [0.25, 0.3) is 0 Å². The summed E-state index contributed by atoms with van der Waals surface area (Å²) in [6.45, 7) is 4.30. The predicted octanol–water partition coefficient (Wildman–Crippen LogP) is 1.02. The third kappa shape index (κ3) is 2.98. The number of hydrogen-bond acceptors (Lipinski definition) is 3. The molecule has 0 radical (unpaired) electrons. The fraction of sp³-hybridized carbons (Fsp3) is 0.533. The molecule has 0 aromatic rings. The maximum absolute atomic E-state index is 12.2. The fourth-order valence-corrected chi connectivity index (χ4v) is 2.76. The molecule has 0 saturated carbocycles. The van der Waals surface area contributed by atoms with Crippen LogP contribution in [-0.4, -0.2) is 35.7 Å². The highest BCUT2D eigenvalue weighted by Gasteiger charge is 2.46. The Morgan fingerprint density at radius 2 is 1.90 bits per heavy atom. The molecular formula is C15H20N2O3. The van der Waals surface area contributed by atoms with E-state index in [4.69, 9.17) is 0 Å². The summed E-state index contributed by atoms with van der Waals surface area (Å²) >= 11 is 0. The van der Waals surface area contributed by atoms with Crippen LogP contribution in [0.4, 0.5) is 0 Å². The lowest BCUT2D eigenvalue weighted by molar-refractivity contribution is -0.140. The topological polar surface area (TPSA) is 66.5 Å². The molecule has 0 unspecified atom stereocenters. The van der Waals surface area contributed by atoms with E-state index in [2.05, 4.69) is 11.9 Å². The van der Waals surface area contributed by atoms with Gasteiger partial charge in [-0.3, -0.25) is 19.3 Å². The van der Waals surface area contributed by atoms with Gasteiger partial charge in [0, 0.05) is 19.5 Å². The number of carbonyl (C=O) groups excluding carboxylic acids is 3. The number of nitrogens with zero attached hydrogens (tertiary/aromatic N) is 1. The Balaban J connectivity index is 1.82. The molecule has 0 aromatic heterocycles. The number of imide groups is 1. The van der Waals surface area contributed by atoms with Gasteiger partial charge >= 0.3 is 0 Å². The second-order valence-electron chi connectivity index (χ2n) is 5.18. The molecule has 0 aromatic carbocycles. The SMILES string of the molecule is C=CCNC(=O)CCCN1C(=O)[C@H]2CC=CC[C@@H]2C1=O. The van der Waals surface area contributed by atoms with Gasteiger partial charge in [0.1, 0.15) is 0 Å². The highest BCUT2D eigenvalue weighted by atomic mass is 16.2. The van der Waals surface area contributed by atoms with Crippen LogP contribution in [0.15, 0.2) is 24.8 Å². The van der Waals surface area contributed by atoms with Crippen molar-refractivity contribution in [3.8, 4) is 0 Å². The summed E-state index contributed by atoms with van der Waals surface area (Å²) in [6.07, 6.45) is 7.70. The van der Waals surface area contributed by atoms with E-state index in [-0.39, 0.29) is 29.6 Å². The summed E-state index contributed by atoms with van der Waals surface area (Å²) in [6, 6.07) is 0. The molecule has 1 heterocycles. The van der Waals surface area contributed by atoms with Crippen LogP contribution in [0, 0.1) is 11.8 Å². The van der Waals surface area contributed by atoms with E-state index in [0.29, 0.717) is 38.8 Å². The van der Waals surface area contributed by atoms with Crippen molar-refractivity contribution in [1.82, 2.24) is 10.2 Å². The van der Waals surface area contributed by atoms with Crippen LogP contribution >= 0.6 is 0 Å². The number of hydrogen-bond donors (Lipinski definition) is 1. The molecule has 1 aliphatic heterocycles. The first-order valence-electron chi connectivity index (χ1n) is 7.03. The minimum Gasteiger partial charge on any atom is -0.353 e. The van der Waals surface area contributed by atoms with Gasteiger partial charge < -0.3 is 5.32 Å². The van der Waals surface area contributed by atoms with Crippen molar-refractivity contribution in [3.05, 3.63) is 24.8 Å². The zero-order chi connectivity index (χ0) is 14.5. The first-order chi connectivity index (χ1) is 9.65. The van der Waals surface area contributed by atoms with Crippen molar-refractivity contribution in [1.29, 1.82) is 0 Å². The number of allylic oxidation sites excluding steroid dienone is 2. The summed E-state index contributed by atoms with van der Waals surface area (Å²) in [5.41, 5.74) is 0. The van der Waals surface area contributed by atoms with Gasteiger partial charge in [0.2, 0.25) is 17.7 Å². The average Bonchev–Trinajstić information content (AvgIpc) is 2.70. The van der Waals surface area contributed by atoms with Gasteiger partial charge in [0.05, 0.1) is 11.8 Å². The monoisotopic (exact) mass is 276 g/mol. The van der Waals surface area contributed by atoms with Gasteiger partial charge in [-0.25, -0.2) is 0 Å². The predicted molar refractivity (Wildman–Crippen MR) is 74.5 cm³/mol. The van der Waals surface area contributed by atoms with Crippen molar-refractivity contribution >= 4 is 17.7 Å². The summed E-state index contributed by atoms with van der Waals surface area (Å²) in [5.74, 6) is -0.584. The molecule has 1 N–H and O–H groups in total. The smallest absolute Gasteiger partial charge is 0.233 e. The minimum atomic E-state index is -0.179.